The molecule has 148 valence electrons. The molecule has 0 radical (unpaired) electrons. The monoisotopic (exact) mass is 380 g/mol. The highest BCUT2D eigenvalue weighted by Gasteiger charge is 2.27. The van der Waals surface area contributed by atoms with Crippen LogP contribution in [0.25, 0.3) is 6.08 Å². The van der Waals surface area contributed by atoms with Gasteiger partial charge in [-0.3, -0.25) is 4.79 Å². The molecule has 2 aromatic rings. The summed E-state index contributed by atoms with van der Waals surface area (Å²) in [6.45, 7) is 12.0. The van der Waals surface area contributed by atoms with Crippen molar-refractivity contribution in [2.75, 3.05) is 0 Å². The molecule has 0 heterocycles. The first-order chi connectivity index (χ1) is 12.8. The largest absolute Gasteiger partial charge is 0.507 e. The third-order valence-electron chi connectivity index (χ3n) is 4.60. The summed E-state index contributed by atoms with van der Waals surface area (Å²) in [5.74, 6) is -0.914. The number of aromatic hydroxyl groups is 1. The minimum Gasteiger partial charge on any atom is -0.507 e. The zero-order valence-electron chi connectivity index (χ0n) is 17.3. The summed E-state index contributed by atoms with van der Waals surface area (Å²) in [6, 6.07) is 9.83. The average molecular weight is 380 g/mol. The second-order valence-corrected chi connectivity index (χ2v) is 9.04. The van der Waals surface area contributed by atoms with Gasteiger partial charge in [0.15, 0.2) is 5.78 Å². The zero-order chi connectivity index (χ0) is 21.3. The number of phenolic OH excluding ortho intramolecular Hbond substituents is 1. The predicted octanol–water partition coefficient (Wildman–Crippen LogP) is 5.58. The maximum atomic E-state index is 12.8. The van der Waals surface area contributed by atoms with E-state index in [4.69, 9.17) is 5.11 Å². The van der Waals surface area contributed by atoms with Crippen LogP contribution in [0.1, 0.15) is 78.9 Å². The van der Waals surface area contributed by atoms with Gasteiger partial charge in [0, 0.05) is 16.7 Å². The van der Waals surface area contributed by atoms with E-state index in [1.54, 1.807) is 30.3 Å². The number of hydrogen-bond donors (Lipinski definition) is 2. The van der Waals surface area contributed by atoms with Gasteiger partial charge in [-0.25, -0.2) is 4.79 Å². The van der Waals surface area contributed by atoms with E-state index in [1.165, 1.54) is 18.2 Å². The van der Waals surface area contributed by atoms with E-state index in [-0.39, 0.29) is 27.9 Å². The molecule has 4 heteroatoms. The first kappa shape index (κ1) is 21.4. The summed E-state index contributed by atoms with van der Waals surface area (Å²) in [6.07, 6.45) is 3.13. The lowest BCUT2D eigenvalue weighted by molar-refractivity contribution is 0.0696. The highest BCUT2D eigenvalue weighted by Crippen LogP contribution is 2.39. The summed E-state index contributed by atoms with van der Waals surface area (Å²) < 4.78 is 0. The van der Waals surface area contributed by atoms with Crippen LogP contribution in [-0.4, -0.2) is 22.0 Å². The van der Waals surface area contributed by atoms with E-state index in [1.807, 2.05) is 41.5 Å². The number of carbonyl (C=O) groups excluding carboxylic acids is 1. The fourth-order valence-corrected chi connectivity index (χ4v) is 2.93. The minimum atomic E-state index is -0.986. The minimum absolute atomic E-state index is 0.168. The number of carboxylic acid groups (broad SMARTS) is 1. The molecule has 0 atom stereocenters. The smallest absolute Gasteiger partial charge is 0.335 e. The third-order valence-corrected chi connectivity index (χ3v) is 4.60. The molecule has 0 amide bonds. The van der Waals surface area contributed by atoms with Gasteiger partial charge < -0.3 is 10.2 Å². The molecule has 0 spiro atoms. The highest BCUT2D eigenvalue weighted by atomic mass is 16.4. The Labute approximate surface area is 166 Å². The number of benzene rings is 2. The van der Waals surface area contributed by atoms with Crippen LogP contribution >= 0.6 is 0 Å². The maximum Gasteiger partial charge on any atom is 0.335 e. The topological polar surface area (TPSA) is 74.6 Å². The number of aromatic carboxylic acids is 1. The normalized spacial score (nSPS) is 12.4. The van der Waals surface area contributed by atoms with Crippen LogP contribution in [0.15, 0.2) is 42.5 Å². The molecule has 0 unspecified atom stereocenters. The number of allylic oxidation sites excluding steroid dienone is 1. The van der Waals surface area contributed by atoms with Crippen LogP contribution in [0.5, 0.6) is 5.75 Å². The summed E-state index contributed by atoms with van der Waals surface area (Å²) in [5, 5.41) is 19.7. The lowest BCUT2D eigenvalue weighted by Crippen LogP contribution is -2.18. The molecule has 0 aliphatic heterocycles. The molecule has 0 aliphatic rings. The SMILES string of the molecule is CC(C)(C)c1cc(C(=O)/C=C\c2ccc(C(=O)O)cc2)cc(C(C)(C)C)c1O. The van der Waals surface area contributed by atoms with Crippen LogP contribution in [0.4, 0.5) is 0 Å². The Morgan fingerprint density at radius 3 is 1.68 bits per heavy atom. The third kappa shape index (κ3) is 4.89. The van der Waals surface area contributed by atoms with Gasteiger partial charge in [0.05, 0.1) is 5.56 Å². The first-order valence-electron chi connectivity index (χ1n) is 9.24. The van der Waals surface area contributed by atoms with Crippen LogP contribution < -0.4 is 0 Å². The number of phenols is 1. The Morgan fingerprint density at radius 1 is 0.821 bits per heavy atom. The molecular weight excluding hydrogens is 352 g/mol. The first-order valence-corrected chi connectivity index (χ1v) is 9.24. The summed E-state index contributed by atoms with van der Waals surface area (Å²) in [4.78, 5) is 23.7. The van der Waals surface area contributed by atoms with E-state index in [0.29, 0.717) is 5.56 Å². The average Bonchev–Trinajstić information content (AvgIpc) is 2.58. The van der Waals surface area contributed by atoms with Crippen molar-refractivity contribution in [1.29, 1.82) is 0 Å². The predicted molar refractivity (Wildman–Crippen MR) is 112 cm³/mol. The summed E-state index contributed by atoms with van der Waals surface area (Å²) in [5.41, 5.74) is 2.32. The molecule has 2 N–H and O–H groups in total. The molecule has 2 rings (SSSR count). The summed E-state index contributed by atoms with van der Waals surface area (Å²) in [7, 11) is 0. The van der Waals surface area contributed by atoms with Crippen molar-refractivity contribution >= 4 is 17.8 Å². The van der Waals surface area contributed by atoms with Crippen LogP contribution in [0.3, 0.4) is 0 Å². The van der Waals surface area contributed by atoms with Crippen molar-refractivity contribution in [3.05, 3.63) is 70.3 Å². The van der Waals surface area contributed by atoms with E-state index in [2.05, 4.69) is 0 Å². The van der Waals surface area contributed by atoms with Gasteiger partial charge in [0.1, 0.15) is 5.75 Å². The van der Waals surface area contributed by atoms with E-state index < -0.39 is 5.97 Å². The zero-order valence-corrected chi connectivity index (χ0v) is 17.3. The summed E-state index contributed by atoms with van der Waals surface area (Å²) >= 11 is 0. The lowest BCUT2D eigenvalue weighted by atomic mass is 9.78. The van der Waals surface area contributed by atoms with Gasteiger partial charge in [-0.1, -0.05) is 59.8 Å². The number of ketones is 1. The fraction of sp³-hybridized carbons (Fsp3) is 0.333. The molecule has 0 fully saturated rings. The van der Waals surface area contributed by atoms with Gasteiger partial charge in [-0.2, -0.15) is 0 Å². The van der Waals surface area contributed by atoms with E-state index >= 15 is 0 Å². The molecule has 28 heavy (non-hydrogen) atoms. The molecule has 0 bridgehead atoms. The molecular formula is C24H28O4. The Hall–Kier alpha value is -2.88. The van der Waals surface area contributed by atoms with Gasteiger partial charge in [0.2, 0.25) is 0 Å². The van der Waals surface area contributed by atoms with Crippen molar-refractivity contribution in [1.82, 2.24) is 0 Å². The van der Waals surface area contributed by atoms with Gasteiger partial charge in [0.25, 0.3) is 0 Å². The van der Waals surface area contributed by atoms with Crippen molar-refractivity contribution in [3.8, 4) is 5.75 Å². The Balaban J connectivity index is 2.43. The van der Waals surface area contributed by atoms with Crippen molar-refractivity contribution in [3.63, 3.8) is 0 Å². The number of rotatable bonds is 4. The fourth-order valence-electron chi connectivity index (χ4n) is 2.93. The van der Waals surface area contributed by atoms with Crippen molar-refractivity contribution in [2.45, 2.75) is 52.4 Å². The number of carboxylic acids is 1. The van der Waals surface area contributed by atoms with E-state index in [0.717, 1.165) is 16.7 Å². The Bertz CT molecular complexity index is 886. The molecule has 0 saturated carbocycles. The molecule has 2 aromatic carbocycles. The molecule has 0 aliphatic carbocycles. The second kappa shape index (κ2) is 7.63. The lowest BCUT2D eigenvalue weighted by Gasteiger charge is -2.27. The van der Waals surface area contributed by atoms with Crippen LogP contribution in [0, 0.1) is 0 Å². The van der Waals surface area contributed by atoms with Gasteiger partial charge >= 0.3 is 5.97 Å². The Morgan fingerprint density at radius 2 is 1.29 bits per heavy atom. The van der Waals surface area contributed by atoms with E-state index in [9.17, 15) is 14.7 Å². The molecule has 0 aromatic heterocycles. The highest BCUT2D eigenvalue weighted by molar-refractivity contribution is 6.07. The van der Waals surface area contributed by atoms with Gasteiger partial charge in [-0.05, 0) is 46.7 Å². The Kier molecular flexibility index (Phi) is 5.83. The van der Waals surface area contributed by atoms with Crippen molar-refractivity contribution < 1.29 is 19.8 Å². The van der Waals surface area contributed by atoms with Crippen LogP contribution in [0.2, 0.25) is 0 Å². The number of hydrogen-bond acceptors (Lipinski definition) is 3. The molecule has 4 nitrogen and oxygen atoms in total. The standard InChI is InChI=1S/C24H28O4/c1-23(2,3)18-13-17(14-19(21(18)26)24(4,5)6)20(25)12-9-15-7-10-16(11-8-15)22(27)28/h7-14,26H,1-6H3,(H,27,28)/b12-9-. The van der Waals surface area contributed by atoms with Crippen LogP contribution in [-0.2, 0) is 10.8 Å². The number of carbonyl (C=O) groups is 2. The van der Waals surface area contributed by atoms with Gasteiger partial charge in [-0.15, -0.1) is 0 Å². The second-order valence-electron chi connectivity index (χ2n) is 9.04. The quantitative estimate of drug-likeness (QED) is 0.536. The molecule has 0 saturated heterocycles. The van der Waals surface area contributed by atoms with Crippen molar-refractivity contribution in [2.24, 2.45) is 0 Å². The maximum absolute atomic E-state index is 12.8.